The molecule has 4 nitrogen and oxygen atoms in total. The van der Waals surface area contributed by atoms with E-state index in [1.807, 2.05) is 13.8 Å². The van der Waals surface area contributed by atoms with Gasteiger partial charge in [0.25, 0.3) is 0 Å². The second-order valence-corrected chi connectivity index (χ2v) is 5.30. The Balaban J connectivity index is 2.49. The van der Waals surface area contributed by atoms with Crippen molar-refractivity contribution < 1.29 is 9.90 Å². The van der Waals surface area contributed by atoms with E-state index in [0.717, 1.165) is 24.2 Å². The van der Waals surface area contributed by atoms with Gasteiger partial charge in [0.1, 0.15) is 11.4 Å². The first-order valence-electron chi connectivity index (χ1n) is 7.51. The lowest BCUT2D eigenvalue weighted by Gasteiger charge is -2.11. The molecule has 0 amide bonds. The Kier molecular flexibility index (Phi) is 7.05. The van der Waals surface area contributed by atoms with Crippen molar-refractivity contribution in [2.24, 2.45) is 0 Å². The van der Waals surface area contributed by atoms with E-state index in [0.29, 0.717) is 11.4 Å². The maximum absolute atomic E-state index is 11.3. The van der Waals surface area contributed by atoms with Crippen molar-refractivity contribution in [3.63, 3.8) is 0 Å². The molecular formula is C16H26N2O2. The van der Waals surface area contributed by atoms with Crippen molar-refractivity contribution in [2.45, 2.75) is 59.3 Å². The van der Waals surface area contributed by atoms with Crippen LogP contribution in [0.5, 0.6) is 0 Å². The minimum Gasteiger partial charge on any atom is -0.478 e. The fraction of sp³-hybridized carbons (Fsp3) is 0.625. The van der Waals surface area contributed by atoms with Crippen molar-refractivity contribution in [1.29, 1.82) is 0 Å². The third-order valence-electron chi connectivity index (χ3n) is 3.38. The smallest absolute Gasteiger partial charge is 0.339 e. The average molecular weight is 278 g/mol. The predicted molar refractivity (Wildman–Crippen MR) is 82.5 cm³/mol. The van der Waals surface area contributed by atoms with Gasteiger partial charge in [0.15, 0.2) is 0 Å². The molecule has 0 aromatic carbocycles. The van der Waals surface area contributed by atoms with Crippen LogP contribution in [0.1, 0.15) is 67.1 Å². The number of aryl methyl sites for hydroxylation is 2. The summed E-state index contributed by atoms with van der Waals surface area (Å²) in [5.41, 5.74) is 1.90. The minimum absolute atomic E-state index is 0.293. The molecule has 1 aromatic rings. The highest BCUT2D eigenvalue weighted by Gasteiger charge is 2.15. The van der Waals surface area contributed by atoms with Crippen LogP contribution in [0.4, 0.5) is 5.82 Å². The van der Waals surface area contributed by atoms with E-state index in [1.165, 1.54) is 32.1 Å². The van der Waals surface area contributed by atoms with Gasteiger partial charge in [-0.1, -0.05) is 39.0 Å². The van der Waals surface area contributed by atoms with E-state index in [4.69, 9.17) is 0 Å². The van der Waals surface area contributed by atoms with Gasteiger partial charge in [0.05, 0.1) is 0 Å². The number of carboxylic acid groups (broad SMARTS) is 1. The van der Waals surface area contributed by atoms with Gasteiger partial charge in [0.2, 0.25) is 0 Å². The molecule has 0 aliphatic rings. The van der Waals surface area contributed by atoms with Crippen molar-refractivity contribution >= 4 is 11.8 Å². The molecule has 0 radical (unpaired) electrons. The second kappa shape index (κ2) is 8.56. The molecule has 0 spiro atoms. The first-order valence-corrected chi connectivity index (χ1v) is 7.51. The molecule has 4 heteroatoms. The summed E-state index contributed by atoms with van der Waals surface area (Å²) in [7, 11) is 0. The number of anilines is 1. The number of hydrogen-bond acceptors (Lipinski definition) is 3. The molecule has 112 valence electrons. The Morgan fingerprint density at radius 2 is 1.85 bits per heavy atom. The molecule has 0 aliphatic heterocycles. The lowest BCUT2D eigenvalue weighted by Crippen LogP contribution is -2.12. The van der Waals surface area contributed by atoms with E-state index in [1.54, 1.807) is 6.07 Å². The fourth-order valence-corrected chi connectivity index (χ4v) is 2.35. The summed E-state index contributed by atoms with van der Waals surface area (Å²) in [5, 5.41) is 12.4. The Hall–Kier alpha value is -1.58. The first kappa shape index (κ1) is 16.5. The predicted octanol–water partition coefficient (Wildman–Crippen LogP) is 4.17. The molecule has 1 heterocycles. The molecule has 0 bridgehead atoms. The molecule has 0 unspecified atom stereocenters. The largest absolute Gasteiger partial charge is 0.478 e. The number of nitrogens with zero attached hydrogens (tertiary/aromatic N) is 1. The highest BCUT2D eigenvalue weighted by Crippen LogP contribution is 2.19. The Labute approximate surface area is 121 Å². The van der Waals surface area contributed by atoms with Gasteiger partial charge in [-0.15, -0.1) is 0 Å². The number of carboxylic acids is 1. The molecule has 0 aliphatic carbocycles. The molecule has 20 heavy (non-hydrogen) atoms. The van der Waals surface area contributed by atoms with Crippen molar-refractivity contribution in [3.8, 4) is 0 Å². The van der Waals surface area contributed by atoms with Gasteiger partial charge in [0, 0.05) is 12.2 Å². The quantitative estimate of drug-likeness (QED) is 0.665. The topological polar surface area (TPSA) is 62.2 Å². The standard InChI is InChI=1S/C16H26N2O2/c1-4-5-6-7-8-9-10-17-15-14(16(19)20)12(2)11-13(3)18-15/h11H,4-10H2,1-3H3,(H,17,18)(H,19,20). The summed E-state index contributed by atoms with van der Waals surface area (Å²) in [6, 6.07) is 1.80. The van der Waals surface area contributed by atoms with E-state index in [-0.39, 0.29) is 0 Å². The maximum Gasteiger partial charge on any atom is 0.339 e. The van der Waals surface area contributed by atoms with Gasteiger partial charge in [-0.25, -0.2) is 9.78 Å². The lowest BCUT2D eigenvalue weighted by atomic mass is 10.1. The molecule has 1 rings (SSSR count). The fourth-order valence-electron chi connectivity index (χ4n) is 2.35. The number of unbranched alkanes of at least 4 members (excludes halogenated alkanes) is 5. The summed E-state index contributed by atoms with van der Waals surface area (Å²) in [4.78, 5) is 15.6. The zero-order valence-electron chi connectivity index (χ0n) is 12.8. The zero-order valence-corrected chi connectivity index (χ0v) is 12.8. The van der Waals surface area contributed by atoms with Crippen molar-refractivity contribution in [1.82, 2.24) is 4.98 Å². The number of aromatic carboxylic acids is 1. The van der Waals surface area contributed by atoms with Gasteiger partial charge in [-0.05, 0) is 31.9 Å². The van der Waals surface area contributed by atoms with Crippen LogP contribution in [0, 0.1) is 13.8 Å². The van der Waals surface area contributed by atoms with Crippen LogP contribution in [0.3, 0.4) is 0 Å². The third kappa shape index (κ3) is 5.19. The van der Waals surface area contributed by atoms with E-state index < -0.39 is 5.97 Å². The highest BCUT2D eigenvalue weighted by atomic mass is 16.4. The molecule has 0 saturated carbocycles. The van der Waals surface area contributed by atoms with E-state index in [2.05, 4.69) is 17.2 Å². The van der Waals surface area contributed by atoms with Crippen LogP contribution < -0.4 is 5.32 Å². The second-order valence-electron chi connectivity index (χ2n) is 5.30. The van der Waals surface area contributed by atoms with Gasteiger partial charge in [-0.3, -0.25) is 0 Å². The van der Waals surface area contributed by atoms with E-state index in [9.17, 15) is 9.90 Å². The van der Waals surface area contributed by atoms with Gasteiger partial charge >= 0.3 is 5.97 Å². The SMILES string of the molecule is CCCCCCCCNc1nc(C)cc(C)c1C(=O)O. The van der Waals surface area contributed by atoms with Crippen LogP contribution in [0.25, 0.3) is 0 Å². The molecular weight excluding hydrogens is 252 g/mol. The molecule has 0 atom stereocenters. The summed E-state index contributed by atoms with van der Waals surface area (Å²) in [6.45, 7) is 6.69. The summed E-state index contributed by atoms with van der Waals surface area (Å²) >= 11 is 0. The number of carbonyl (C=O) groups is 1. The highest BCUT2D eigenvalue weighted by molar-refractivity contribution is 5.94. The third-order valence-corrected chi connectivity index (χ3v) is 3.38. The number of hydrogen-bond donors (Lipinski definition) is 2. The molecule has 0 saturated heterocycles. The molecule has 0 fully saturated rings. The maximum atomic E-state index is 11.3. The molecule has 2 N–H and O–H groups in total. The van der Waals surface area contributed by atoms with E-state index >= 15 is 0 Å². The minimum atomic E-state index is -0.916. The number of nitrogens with one attached hydrogen (secondary N) is 1. The molecule has 1 aromatic heterocycles. The Bertz CT molecular complexity index is 444. The normalized spacial score (nSPS) is 10.6. The van der Waals surface area contributed by atoms with Crippen LogP contribution in [-0.4, -0.2) is 22.6 Å². The monoisotopic (exact) mass is 278 g/mol. The van der Waals surface area contributed by atoms with Crippen molar-refractivity contribution in [3.05, 3.63) is 22.9 Å². The Morgan fingerprint density at radius 1 is 1.20 bits per heavy atom. The zero-order chi connectivity index (χ0) is 15.0. The van der Waals surface area contributed by atoms with Crippen LogP contribution in [-0.2, 0) is 0 Å². The number of rotatable bonds is 9. The summed E-state index contributed by atoms with van der Waals surface area (Å²) in [6.07, 6.45) is 7.33. The van der Waals surface area contributed by atoms with Crippen LogP contribution >= 0.6 is 0 Å². The van der Waals surface area contributed by atoms with Crippen LogP contribution in [0.2, 0.25) is 0 Å². The van der Waals surface area contributed by atoms with Gasteiger partial charge < -0.3 is 10.4 Å². The summed E-state index contributed by atoms with van der Waals surface area (Å²) in [5.74, 6) is -0.413. The number of aromatic nitrogens is 1. The van der Waals surface area contributed by atoms with Crippen molar-refractivity contribution in [2.75, 3.05) is 11.9 Å². The summed E-state index contributed by atoms with van der Waals surface area (Å²) < 4.78 is 0. The first-order chi connectivity index (χ1) is 9.56. The lowest BCUT2D eigenvalue weighted by molar-refractivity contribution is 0.0697. The van der Waals surface area contributed by atoms with Crippen LogP contribution in [0.15, 0.2) is 6.07 Å². The van der Waals surface area contributed by atoms with Gasteiger partial charge in [-0.2, -0.15) is 0 Å². The number of pyridine rings is 1. The average Bonchev–Trinajstić information content (AvgIpc) is 2.36. The Morgan fingerprint density at radius 3 is 2.50 bits per heavy atom.